The second-order valence-electron chi connectivity index (χ2n) is 20.6. The topological polar surface area (TPSA) is 101 Å². The highest BCUT2D eigenvalue weighted by molar-refractivity contribution is 5.92. The summed E-state index contributed by atoms with van der Waals surface area (Å²) in [5, 5.41) is 31.4. The van der Waals surface area contributed by atoms with Crippen LogP contribution in [0.3, 0.4) is 0 Å². The van der Waals surface area contributed by atoms with Crippen LogP contribution in [0.15, 0.2) is 12.1 Å². The van der Waals surface area contributed by atoms with E-state index in [0.29, 0.717) is 24.0 Å². The van der Waals surface area contributed by atoms with Gasteiger partial charge in [-0.2, -0.15) is 0 Å². The number of carboxylic acids is 2. The number of phenols is 1. The summed E-state index contributed by atoms with van der Waals surface area (Å²) in [7, 11) is 4.49. The number of aliphatic carboxylic acids is 2. The fourth-order valence-electron chi connectivity index (χ4n) is 9.98. The quantitative estimate of drug-likeness (QED) is 0.211. The molecule has 0 amide bonds. The third-order valence-electron chi connectivity index (χ3n) is 13.3. The second kappa shape index (κ2) is 13.5. The zero-order valence-corrected chi connectivity index (χ0v) is 34.1. The van der Waals surface area contributed by atoms with E-state index in [1.54, 1.807) is 0 Å². The number of carboxylic acid groups (broad SMARTS) is 2. The molecular formula is C42H72N2O5. The molecule has 0 bridgehead atoms. The van der Waals surface area contributed by atoms with E-state index in [0.717, 1.165) is 49.7 Å². The van der Waals surface area contributed by atoms with Gasteiger partial charge in [-0.25, -0.2) is 0 Å². The number of aromatic hydroxyl groups is 1. The number of rotatable bonds is 10. The molecule has 0 aliphatic carbocycles. The van der Waals surface area contributed by atoms with Crippen molar-refractivity contribution in [3.63, 3.8) is 0 Å². The third-order valence-corrected chi connectivity index (χ3v) is 13.3. The first kappa shape index (κ1) is 41.3. The first-order valence-corrected chi connectivity index (χ1v) is 18.7. The van der Waals surface area contributed by atoms with Crippen molar-refractivity contribution in [1.29, 1.82) is 0 Å². The molecule has 0 unspecified atom stereocenters. The van der Waals surface area contributed by atoms with E-state index in [-0.39, 0.29) is 44.8 Å². The van der Waals surface area contributed by atoms with Gasteiger partial charge in [-0.3, -0.25) is 19.4 Å². The number of benzene rings is 1. The molecule has 2 aliphatic rings. The normalized spacial score (nSPS) is 22.4. The van der Waals surface area contributed by atoms with Gasteiger partial charge < -0.3 is 15.3 Å². The molecule has 2 aliphatic heterocycles. The summed E-state index contributed by atoms with van der Waals surface area (Å²) >= 11 is 0. The van der Waals surface area contributed by atoms with Crippen LogP contribution < -0.4 is 0 Å². The van der Waals surface area contributed by atoms with E-state index >= 15 is 0 Å². The second-order valence-corrected chi connectivity index (χ2v) is 20.6. The Morgan fingerprint density at radius 3 is 1.33 bits per heavy atom. The summed E-state index contributed by atoms with van der Waals surface area (Å²) in [5.41, 5.74) is 2.06. The summed E-state index contributed by atoms with van der Waals surface area (Å²) in [6.07, 6.45) is 6.18. The van der Waals surface area contributed by atoms with E-state index in [1.807, 2.05) is 0 Å². The van der Waals surface area contributed by atoms with Crippen LogP contribution in [-0.4, -0.2) is 73.3 Å². The number of phenolic OH excluding ortho intramolecular Hbond substituents is 1. The van der Waals surface area contributed by atoms with Crippen molar-refractivity contribution < 1.29 is 24.9 Å². The van der Waals surface area contributed by atoms with Crippen LogP contribution in [0.4, 0.5) is 0 Å². The van der Waals surface area contributed by atoms with Gasteiger partial charge in [0.05, 0.1) is 0 Å². The molecule has 1 aromatic carbocycles. The maximum Gasteiger partial charge on any atom is 0.317 e. The van der Waals surface area contributed by atoms with Gasteiger partial charge in [-0.15, -0.1) is 0 Å². The molecule has 3 rings (SSSR count). The van der Waals surface area contributed by atoms with Gasteiger partial charge in [0.1, 0.15) is 5.75 Å². The lowest BCUT2D eigenvalue weighted by Gasteiger charge is -2.63. The molecule has 0 radical (unpaired) electrons. The van der Waals surface area contributed by atoms with Gasteiger partial charge in [0.15, 0.2) is 5.92 Å². The Kier molecular flexibility index (Phi) is 11.3. The molecule has 7 nitrogen and oxygen atoms in total. The first-order valence-electron chi connectivity index (χ1n) is 18.7. The number of piperidine rings is 2. The van der Waals surface area contributed by atoms with Gasteiger partial charge in [-0.1, -0.05) is 60.1 Å². The first-order chi connectivity index (χ1) is 21.9. The van der Waals surface area contributed by atoms with Gasteiger partial charge in [0.2, 0.25) is 0 Å². The molecular weight excluding hydrogens is 612 g/mol. The highest BCUT2D eigenvalue weighted by Crippen LogP contribution is 2.59. The zero-order valence-electron chi connectivity index (χ0n) is 34.1. The van der Waals surface area contributed by atoms with E-state index < -0.39 is 17.9 Å². The Bertz CT molecular complexity index is 1250. The molecule has 0 aromatic heterocycles. The average Bonchev–Trinajstić information content (AvgIpc) is 2.90. The smallest absolute Gasteiger partial charge is 0.317 e. The molecule has 0 saturated carbocycles. The minimum absolute atomic E-state index is 0.0685. The van der Waals surface area contributed by atoms with Crippen LogP contribution in [0, 0.1) is 23.2 Å². The van der Waals surface area contributed by atoms with E-state index in [4.69, 9.17) is 0 Å². The minimum Gasteiger partial charge on any atom is -0.507 e. The van der Waals surface area contributed by atoms with Crippen molar-refractivity contribution in [2.75, 3.05) is 14.1 Å². The van der Waals surface area contributed by atoms with Crippen molar-refractivity contribution in [3.8, 4) is 5.75 Å². The maximum absolute atomic E-state index is 12.1. The van der Waals surface area contributed by atoms with Crippen molar-refractivity contribution in [1.82, 2.24) is 9.80 Å². The highest BCUT2D eigenvalue weighted by Gasteiger charge is 2.57. The summed E-state index contributed by atoms with van der Waals surface area (Å²) in [5.74, 6) is -2.93. The number of carbonyl (C=O) groups is 2. The molecule has 2 heterocycles. The Balaban J connectivity index is 2.40. The summed E-state index contributed by atoms with van der Waals surface area (Å²) in [4.78, 5) is 29.2. The molecule has 0 atom stereocenters. The lowest BCUT2D eigenvalue weighted by atomic mass is 9.50. The van der Waals surface area contributed by atoms with Crippen LogP contribution in [0.1, 0.15) is 159 Å². The Morgan fingerprint density at radius 1 is 0.714 bits per heavy atom. The van der Waals surface area contributed by atoms with Crippen LogP contribution in [0.5, 0.6) is 5.75 Å². The fraction of sp³-hybridized carbons (Fsp3) is 0.810. The molecule has 0 spiro atoms. The lowest BCUT2D eigenvalue weighted by molar-refractivity contribution is -0.155. The third kappa shape index (κ3) is 8.51. The molecule has 1 aromatic rings. The van der Waals surface area contributed by atoms with Gasteiger partial charge in [-0.05, 0) is 159 Å². The SMILES string of the molecule is CN1C(C)(C)CC(C(CCCC(C(=O)O)C(=O)O)(Cc2cc(C(C)(C)C)c(O)c(C(C)(C)C)c2)C2CC(C)(C)N(C)C(C)(C)C2)CC1(C)C. The highest BCUT2D eigenvalue weighted by atomic mass is 16.4. The largest absolute Gasteiger partial charge is 0.507 e. The molecule has 2 fully saturated rings. The standard InChI is InChI=1S/C42H72N2O5/c1-36(2,3)31-20-27(21-32(33(31)45)37(4,5)6)22-42(19-17-18-30(34(46)47)35(48)49,28-23-38(7,8)43(15)39(9,10)24-28)29-25-40(11,12)44(16)41(13,14)26-29/h20-21,28-30,45H,17-19,22-26H2,1-16H3,(H,46,47)(H,48,49). The van der Waals surface area contributed by atoms with E-state index in [2.05, 4.69) is 133 Å². The Morgan fingerprint density at radius 2 is 1.04 bits per heavy atom. The molecule has 7 heteroatoms. The maximum atomic E-state index is 12.1. The van der Waals surface area contributed by atoms with Gasteiger partial charge >= 0.3 is 11.9 Å². The summed E-state index contributed by atoms with van der Waals surface area (Å²) in [6, 6.07) is 4.49. The molecule has 3 N–H and O–H groups in total. The van der Waals surface area contributed by atoms with Crippen molar-refractivity contribution in [3.05, 3.63) is 28.8 Å². The predicted octanol–water partition coefficient (Wildman–Crippen LogP) is 9.27. The van der Waals surface area contributed by atoms with Crippen LogP contribution in [0.25, 0.3) is 0 Å². The molecule has 2 saturated heterocycles. The van der Waals surface area contributed by atoms with Gasteiger partial charge in [0, 0.05) is 22.2 Å². The summed E-state index contributed by atoms with van der Waals surface area (Å²) in [6.45, 7) is 31.8. The monoisotopic (exact) mass is 685 g/mol. The van der Waals surface area contributed by atoms with Crippen LogP contribution >= 0.6 is 0 Å². The number of nitrogens with zero attached hydrogens (tertiary/aromatic N) is 2. The average molecular weight is 685 g/mol. The summed E-state index contributed by atoms with van der Waals surface area (Å²) < 4.78 is 0. The Hall–Kier alpha value is -2.12. The van der Waals surface area contributed by atoms with Gasteiger partial charge in [0.25, 0.3) is 0 Å². The number of hydrogen-bond donors (Lipinski definition) is 3. The van der Waals surface area contributed by atoms with Crippen molar-refractivity contribution in [2.45, 2.75) is 181 Å². The molecule has 280 valence electrons. The molecule has 49 heavy (non-hydrogen) atoms. The number of likely N-dealkylation sites (tertiary alicyclic amines) is 2. The zero-order chi connectivity index (χ0) is 37.9. The fourth-order valence-corrected chi connectivity index (χ4v) is 9.98. The van der Waals surface area contributed by atoms with Crippen LogP contribution in [-0.2, 0) is 26.8 Å². The van der Waals surface area contributed by atoms with E-state index in [1.165, 1.54) is 5.56 Å². The predicted molar refractivity (Wildman–Crippen MR) is 202 cm³/mol. The van der Waals surface area contributed by atoms with Crippen LogP contribution in [0.2, 0.25) is 0 Å². The minimum atomic E-state index is -1.41. The number of hydrogen-bond acceptors (Lipinski definition) is 5. The van der Waals surface area contributed by atoms with Crippen molar-refractivity contribution in [2.24, 2.45) is 23.2 Å². The van der Waals surface area contributed by atoms with Crippen molar-refractivity contribution >= 4 is 11.9 Å². The Labute approximate surface area is 299 Å². The lowest BCUT2D eigenvalue weighted by Crippen LogP contribution is -2.65. The van der Waals surface area contributed by atoms with E-state index in [9.17, 15) is 24.9 Å².